The van der Waals surface area contributed by atoms with E-state index in [4.69, 9.17) is 5.11 Å². The number of halogens is 1. The van der Waals surface area contributed by atoms with Crippen molar-refractivity contribution in [2.45, 2.75) is 0 Å². The van der Waals surface area contributed by atoms with Gasteiger partial charge in [-0.15, -0.1) is 0 Å². The predicted octanol–water partition coefficient (Wildman–Crippen LogP) is 0.712. The number of H-pyrrole nitrogens is 1. The van der Waals surface area contributed by atoms with Gasteiger partial charge in [-0.1, -0.05) is 0 Å². The van der Waals surface area contributed by atoms with E-state index >= 15 is 0 Å². The molecule has 1 aromatic heterocycles. The Hall–Kier alpha value is -1.16. The van der Waals surface area contributed by atoms with E-state index in [0.717, 1.165) is 0 Å². The van der Waals surface area contributed by atoms with E-state index < -0.39 is 12.4 Å². The first-order valence-corrected chi connectivity index (χ1v) is 2.78. The van der Waals surface area contributed by atoms with Crippen LogP contribution in [0.1, 0.15) is 5.69 Å². The number of hydrogen-bond donors (Lipinski definition) is 2. The molecule has 3 nitrogen and oxygen atoms in total. The van der Waals surface area contributed by atoms with Crippen molar-refractivity contribution in [2.75, 3.05) is 6.61 Å². The lowest BCUT2D eigenvalue weighted by Gasteiger charge is -1.86. The number of aromatic amines is 1. The van der Waals surface area contributed by atoms with E-state index in [2.05, 4.69) is 9.97 Å². The molecule has 2 N–H and O–H groups in total. The van der Waals surface area contributed by atoms with Crippen LogP contribution in [-0.4, -0.2) is 21.7 Å². The molecule has 0 atom stereocenters. The van der Waals surface area contributed by atoms with E-state index in [1.807, 2.05) is 0 Å². The van der Waals surface area contributed by atoms with Gasteiger partial charge in [-0.05, 0) is 6.08 Å². The molecule has 0 aromatic carbocycles. The van der Waals surface area contributed by atoms with Gasteiger partial charge >= 0.3 is 0 Å². The second kappa shape index (κ2) is 3.12. The van der Waals surface area contributed by atoms with Gasteiger partial charge in [0.2, 0.25) is 0 Å². The van der Waals surface area contributed by atoms with Gasteiger partial charge in [0.15, 0.2) is 0 Å². The summed E-state index contributed by atoms with van der Waals surface area (Å²) in [6.45, 7) is -0.570. The first-order chi connectivity index (χ1) is 4.83. The van der Waals surface area contributed by atoms with E-state index in [0.29, 0.717) is 5.69 Å². The Morgan fingerprint density at radius 1 is 1.90 bits per heavy atom. The fourth-order valence-corrected chi connectivity index (χ4v) is 0.560. The Kier molecular flexibility index (Phi) is 2.17. The van der Waals surface area contributed by atoms with E-state index in [1.165, 1.54) is 18.6 Å². The van der Waals surface area contributed by atoms with Crippen molar-refractivity contribution in [1.29, 1.82) is 0 Å². The van der Waals surface area contributed by atoms with Gasteiger partial charge in [-0.3, -0.25) is 0 Å². The Bertz CT molecular complexity index is 218. The minimum Gasteiger partial charge on any atom is -0.389 e. The van der Waals surface area contributed by atoms with Gasteiger partial charge in [0, 0.05) is 0 Å². The number of rotatable bonds is 2. The normalized spacial score (nSPS) is 12.0. The lowest BCUT2D eigenvalue weighted by Crippen LogP contribution is -1.81. The minimum atomic E-state index is -0.579. The number of aromatic nitrogens is 2. The molecular formula is C6H7FN2O. The summed E-state index contributed by atoms with van der Waals surface area (Å²) >= 11 is 0. The summed E-state index contributed by atoms with van der Waals surface area (Å²) in [5, 5.41) is 8.26. The molecule has 0 amide bonds. The average Bonchev–Trinajstić information content (AvgIpc) is 2.40. The molecule has 0 aliphatic rings. The molecular weight excluding hydrogens is 135 g/mol. The second-order valence-corrected chi connectivity index (χ2v) is 1.76. The van der Waals surface area contributed by atoms with E-state index in [-0.39, 0.29) is 0 Å². The van der Waals surface area contributed by atoms with Crippen molar-refractivity contribution < 1.29 is 9.50 Å². The van der Waals surface area contributed by atoms with Crippen LogP contribution in [-0.2, 0) is 0 Å². The molecule has 0 unspecified atom stereocenters. The van der Waals surface area contributed by atoms with Crippen molar-refractivity contribution in [3.8, 4) is 0 Å². The molecule has 0 saturated heterocycles. The van der Waals surface area contributed by atoms with Gasteiger partial charge in [-0.2, -0.15) is 0 Å². The summed E-state index contributed by atoms with van der Waals surface area (Å²) in [4.78, 5) is 6.32. The molecule has 0 saturated carbocycles. The van der Waals surface area contributed by atoms with Crippen LogP contribution in [0.5, 0.6) is 0 Å². The second-order valence-electron chi connectivity index (χ2n) is 1.76. The zero-order valence-electron chi connectivity index (χ0n) is 5.21. The molecule has 4 heteroatoms. The third-order valence-corrected chi connectivity index (χ3v) is 0.983. The highest BCUT2D eigenvalue weighted by atomic mass is 19.1. The first kappa shape index (κ1) is 6.95. The molecule has 0 fully saturated rings. The van der Waals surface area contributed by atoms with Crippen molar-refractivity contribution in [3.63, 3.8) is 0 Å². The van der Waals surface area contributed by atoms with Crippen molar-refractivity contribution >= 4 is 6.08 Å². The highest BCUT2D eigenvalue weighted by molar-refractivity contribution is 5.45. The van der Waals surface area contributed by atoms with Crippen LogP contribution in [0.3, 0.4) is 0 Å². The summed E-state index contributed by atoms with van der Waals surface area (Å²) in [6.07, 6.45) is 4.10. The van der Waals surface area contributed by atoms with Crippen LogP contribution in [0.4, 0.5) is 4.39 Å². The zero-order valence-corrected chi connectivity index (χ0v) is 5.21. The molecule has 0 spiro atoms. The first-order valence-electron chi connectivity index (χ1n) is 2.78. The topological polar surface area (TPSA) is 48.9 Å². The van der Waals surface area contributed by atoms with Crippen LogP contribution >= 0.6 is 0 Å². The summed E-state index contributed by atoms with van der Waals surface area (Å²) in [5.41, 5.74) is 0.548. The van der Waals surface area contributed by atoms with Gasteiger partial charge in [0.05, 0.1) is 24.8 Å². The number of nitrogens with zero attached hydrogens (tertiary/aromatic N) is 1. The molecule has 0 bridgehead atoms. The van der Waals surface area contributed by atoms with Crippen LogP contribution < -0.4 is 0 Å². The highest BCUT2D eigenvalue weighted by Gasteiger charge is 1.92. The Balaban J connectivity index is 2.71. The van der Waals surface area contributed by atoms with E-state index in [9.17, 15) is 4.39 Å². The Labute approximate surface area is 57.2 Å². The quantitative estimate of drug-likeness (QED) is 0.639. The van der Waals surface area contributed by atoms with Gasteiger partial charge in [-0.25, -0.2) is 9.37 Å². The van der Waals surface area contributed by atoms with Gasteiger partial charge in [0.1, 0.15) is 5.83 Å². The maximum absolute atomic E-state index is 12.3. The molecule has 0 aliphatic heterocycles. The van der Waals surface area contributed by atoms with E-state index in [1.54, 1.807) is 0 Å². The fourth-order valence-electron chi connectivity index (χ4n) is 0.560. The molecule has 1 aromatic rings. The van der Waals surface area contributed by atoms with Crippen molar-refractivity contribution in [3.05, 3.63) is 24.0 Å². The lowest BCUT2D eigenvalue weighted by atomic mass is 10.4. The summed E-state index contributed by atoms with van der Waals surface area (Å²) in [7, 11) is 0. The van der Waals surface area contributed by atoms with Crippen LogP contribution in [0.2, 0.25) is 0 Å². The summed E-state index contributed by atoms with van der Waals surface area (Å²) in [5.74, 6) is -0.579. The fraction of sp³-hybridized carbons (Fsp3) is 0.167. The molecule has 1 heterocycles. The van der Waals surface area contributed by atoms with Crippen LogP contribution in [0.25, 0.3) is 6.08 Å². The molecule has 1 rings (SSSR count). The maximum Gasteiger partial charge on any atom is 0.127 e. The van der Waals surface area contributed by atoms with Gasteiger partial charge in [0.25, 0.3) is 0 Å². The number of hydrogen-bond acceptors (Lipinski definition) is 2. The Morgan fingerprint density at radius 3 is 3.20 bits per heavy atom. The van der Waals surface area contributed by atoms with Gasteiger partial charge < -0.3 is 10.1 Å². The zero-order chi connectivity index (χ0) is 7.40. The smallest absolute Gasteiger partial charge is 0.127 e. The SMILES string of the molecule is OC/C(F)=C/c1cnc[nH]1. The van der Waals surface area contributed by atoms with Crippen molar-refractivity contribution in [1.82, 2.24) is 9.97 Å². The van der Waals surface area contributed by atoms with Crippen molar-refractivity contribution in [2.24, 2.45) is 0 Å². The lowest BCUT2D eigenvalue weighted by molar-refractivity contribution is 0.300. The maximum atomic E-state index is 12.3. The van der Waals surface area contributed by atoms with Crippen LogP contribution in [0, 0.1) is 0 Å². The predicted molar refractivity (Wildman–Crippen MR) is 34.8 cm³/mol. The minimum absolute atomic E-state index is 0.548. The molecule has 0 aliphatic carbocycles. The monoisotopic (exact) mass is 142 g/mol. The number of nitrogens with one attached hydrogen (secondary N) is 1. The molecule has 0 radical (unpaired) electrons. The number of aliphatic hydroxyl groups is 1. The largest absolute Gasteiger partial charge is 0.389 e. The highest BCUT2D eigenvalue weighted by Crippen LogP contribution is 2.01. The van der Waals surface area contributed by atoms with Crippen LogP contribution in [0.15, 0.2) is 18.4 Å². The average molecular weight is 142 g/mol. The summed E-state index contributed by atoms with van der Waals surface area (Å²) < 4.78 is 12.3. The summed E-state index contributed by atoms with van der Waals surface area (Å²) in [6, 6.07) is 0. The number of aliphatic hydroxyl groups excluding tert-OH is 1. The number of imidazole rings is 1. The Morgan fingerprint density at radius 2 is 2.70 bits per heavy atom. The molecule has 10 heavy (non-hydrogen) atoms. The standard InChI is InChI=1S/C6H7FN2O/c7-5(3-10)1-6-2-8-4-9-6/h1-2,4,10H,3H2,(H,8,9)/b5-1-. The third-order valence-electron chi connectivity index (χ3n) is 0.983. The molecule has 54 valence electrons. The third kappa shape index (κ3) is 1.66.